The maximum atomic E-state index is 13.6. The number of ether oxygens (including phenoxy) is 2. The van der Waals surface area contributed by atoms with Crippen molar-refractivity contribution in [1.82, 2.24) is 15.3 Å². The van der Waals surface area contributed by atoms with E-state index >= 15 is 0 Å². The Morgan fingerprint density at radius 1 is 1.17 bits per heavy atom. The van der Waals surface area contributed by atoms with Gasteiger partial charge < -0.3 is 14.8 Å². The fourth-order valence-corrected chi connectivity index (χ4v) is 4.54. The minimum atomic E-state index is -0.258. The summed E-state index contributed by atoms with van der Waals surface area (Å²) in [7, 11) is 0. The first-order chi connectivity index (χ1) is 16.6. The van der Waals surface area contributed by atoms with Crippen LogP contribution in [0, 0.1) is 5.82 Å². The van der Waals surface area contributed by atoms with Gasteiger partial charge in [-0.3, -0.25) is 9.78 Å². The van der Waals surface area contributed by atoms with Crippen LogP contribution in [0.3, 0.4) is 0 Å². The van der Waals surface area contributed by atoms with Crippen molar-refractivity contribution in [2.45, 2.75) is 31.9 Å². The summed E-state index contributed by atoms with van der Waals surface area (Å²) >= 11 is 1.39. The summed E-state index contributed by atoms with van der Waals surface area (Å²) in [5.41, 5.74) is 2.80. The number of halogens is 2. The fourth-order valence-electron chi connectivity index (χ4n) is 3.82. The van der Waals surface area contributed by atoms with Crippen molar-refractivity contribution in [2.75, 3.05) is 0 Å². The van der Waals surface area contributed by atoms with E-state index in [1.54, 1.807) is 24.7 Å². The average Bonchev–Trinajstić information content (AvgIpc) is 3.30. The zero-order chi connectivity index (χ0) is 23.3. The predicted octanol–water partition coefficient (Wildman–Crippen LogP) is 5.82. The second kappa shape index (κ2) is 11.3. The molecule has 1 amide bonds. The molecule has 0 aliphatic carbocycles. The van der Waals surface area contributed by atoms with E-state index in [-0.39, 0.29) is 30.2 Å². The Bertz CT molecular complexity index is 1300. The largest absolute Gasteiger partial charge is 0.485 e. The van der Waals surface area contributed by atoms with E-state index in [1.165, 1.54) is 23.5 Å². The molecular weight excluding hydrogens is 489 g/mol. The van der Waals surface area contributed by atoms with Crippen molar-refractivity contribution in [3.8, 4) is 16.7 Å². The third kappa shape index (κ3) is 6.35. The molecule has 35 heavy (non-hydrogen) atoms. The first-order valence-corrected chi connectivity index (χ1v) is 11.8. The molecule has 0 fully saturated rings. The van der Waals surface area contributed by atoms with Gasteiger partial charge in [-0.15, -0.1) is 12.4 Å². The molecule has 2 aromatic heterocycles. The zero-order valence-electron chi connectivity index (χ0n) is 18.6. The van der Waals surface area contributed by atoms with Gasteiger partial charge in [0.25, 0.3) is 5.19 Å². The number of rotatable bonds is 7. The molecule has 0 saturated carbocycles. The van der Waals surface area contributed by atoms with Crippen molar-refractivity contribution in [2.24, 2.45) is 0 Å². The van der Waals surface area contributed by atoms with Crippen LogP contribution in [0.1, 0.15) is 34.1 Å². The molecule has 1 N–H and O–H groups in total. The molecule has 1 atom stereocenters. The van der Waals surface area contributed by atoms with Gasteiger partial charge in [-0.2, -0.15) is 0 Å². The molecule has 2 aromatic carbocycles. The van der Waals surface area contributed by atoms with Crippen molar-refractivity contribution in [1.29, 1.82) is 0 Å². The van der Waals surface area contributed by atoms with Crippen LogP contribution in [0.5, 0.6) is 16.7 Å². The van der Waals surface area contributed by atoms with Crippen LogP contribution in [0.15, 0.2) is 73.2 Å². The number of fused-ring (bicyclic) bond motifs is 1. The summed E-state index contributed by atoms with van der Waals surface area (Å²) in [5, 5.41) is 3.41. The molecule has 3 heterocycles. The van der Waals surface area contributed by atoms with Crippen LogP contribution in [0.25, 0.3) is 0 Å². The number of benzene rings is 2. The topological polar surface area (TPSA) is 73.3 Å². The minimum Gasteiger partial charge on any atom is -0.485 e. The average molecular weight is 512 g/mol. The van der Waals surface area contributed by atoms with Gasteiger partial charge in [0.15, 0.2) is 0 Å². The van der Waals surface area contributed by atoms with E-state index in [4.69, 9.17) is 9.47 Å². The Balaban J connectivity index is 0.00000289. The highest BCUT2D eigenvalue weighted by molar-refractivity contribution is 7.13. The van der Waals surface area contributed by atoms with E-state index < -0.39 is 0 Å². The van der Waals surface area contributed by atoms with Crippen LogP contribution in [-0.2, 0) is 24.2 Å². The maximum Gasteiger partial charge on any atom is 0.278 e. The lowest BCUT2D eigenvalue weighted by atomic mass is 9.97. The zero-order valence-corrected chi connectivity index (χ0v) is 20.3. The lowest BCUT2D eigenvalue weighted by molar-refractivity contribution is -0.120. The van der Waals surface area contributed by atoms with Crippen molar-refractivity contribution < 1.29 is 18.7 Å². The number of hydrogen-bond acceptors (Lipinski definition) is 6. The molecule has 4 aromatic rings. The third-order valence-electron chi connectivity index (χ3n) is 5.51. The fraction of sp³-hybridized carbons (Fsp3) is 0.192. The SMILES string of the molecule is Cl.O=C(Cc1ccncc1)NCc1cnc(Oc2ccc3c(c2)CCC(c2cccc(F)c2)O3)s1. The van der Waals surface area contributed by atoms with Gasteiger partial charge in [0.2, 0.25) is 5.91 Å². The lowest BCUT2D eigenvalue weighted by Crippen LogP contribution is -2.24. The van der Waals surface area contributed by atoms with E-state index in [9.17, 15) is 9.18 Å². The number of pyridine rings is 1. The summed E-state index contributed by atoms with van der Waals surface area (Å²) in [6.07, 6.45) is 6.77. The van der Waals surface area contributed by atoms with Crippen molar-refractivity contribution in [3.63, 3.8) is 0 Å². The number of aromatic nitrogens is 2. The maximum absolute atomic E-state index is 13.6. The van der Waals surface area contributed by atoms with Crippen LogP contribution in [0.2, 0.25) is 0 Å². The van der Waals surface area contributed by atoms with E-state index in [2.05, 4.69) is 15.3 Å². The number of carbonyl (C=O) groups excluding carboxylic acids is 1. The molecule has 0 spiro atoms. The Hall–Kier alpha value is -3.49. The minimum absolute atomic E-state index is 0. The molecule has 0 radical (unpaired) electrons. The van der Waals surface area contributed by atoms with Crippen LogP contribution >= 0.6 is 23.7 Å². The van der Waals surface area contributed by atoms with Crippen molar-refractivity contribution in [3.05, 3.63) is 101 Å². The smallest absolute Gasteiger partial charge is 0.278 e. The molecule has 180 valence electrons. The van der Waals surface area contributed by atoms with E-state index in [1.807, 2.05) is 36.4 Å². The number of carbonyl (C=O) groups is 1. The first-order valence-electron chi connectivity index (χ1n) is 11.0. The number of hydrogen-bond donors (Lipinski definition) is 1. The third-order valence-corrected chi connectivity index (χ3v) is 6.38. The van der Waals surface area contributed by atoms with Crippen LogP contribution in [-0.4, -0.2) is 15.9 Å². The van der Waals surface area contributed by atoms with Gasteiger partial charge in [0, 0.05) is 23.5 Å². The molecule has 6 nitrogen and oxygen atoms in total. The second-order valence-electron chi connectivity index (χ2n) is 7.97. The summed E-state index contributed by atoms with van der Waals surface area (Å²) in [6.45, 7) is 0.393. The standard InChI is InChI=1S/C26H22FN3O3S.ClH/c27-20-3-1-2-18(13-20)23-6-4-19-14-21(5-7-24(19)33-23)32-26-30-16-22(34-26)15-29-25(31)12-17-8-10-28-11-9-17;/h1-3,5,7-11,13-14,16,23H,4,6,12,15H2,(H,29,31);1H. The highest BCUT2D eigenvalue weighted by Gasteiger charge is 2.22. The van der Waals surface area contributed by atoms with E-state index in [0.717, 1.165) is 40.2 Å². The van der Waals surface area contributed by atoms with Crippen molar-refractivity contribution >= 4 is 29.7 Å². The number of amides is 1. The summed E-state index contributed by atoms with van der Waals surface area (Å²) in [5.74, 6) is 1.14. The summed E-state index contributed by atoms with van der Waals surface area (Å²) < 4.78 is 25.6. The highest BCUT2D eigenvalue weighted by Crippen LogP contribution is 2.38. The summed E-state index contributed by atoms with van der Waals surface area (Å²) in [6, 6.07) is 15.9. The Morgan fingerprint density at radius 2 is 2.03 bits per heavy atom. The van der Waals surface area contributed by atoms with Gasteiger partial charge >= 0.3 is 0 Å². The normalized spacial score (nSPS) is 14.3. The van der Waals surface area contributed by atoms with Gasteiger partial charge in [-0.25, -0.2) is 9.37 Å². The molecular formula is C26H23ClFN3O3S. The van der Waals surface area contributed by atoms with Gasteiger partial charge in [-0.1, -0.05) is 23.5 Å². The van der Waals surface area contributed by atoms with Gasteiger partial charge in [0.05, 0.1) is 13.0 Å². The molecule has 1 unspecified atom stereocenters. The Labute approximate surface area is 212 Å². The molecule has 5 rings (SSSR count). The number of nitrogens with zero attached hydrogens (tertiary/aromatic N) is 2. The lowest BCUT2D eigenvalue weighted by Gasteiger charge is -2.26. The first kappa shape index (κ1) is 24.6. The summed E-state index contributed by atoms with van der Waals surface area (Å²) in [4.78, 5) is 21.3. The number of thiazole rings is 1. The van der Waals surface area contributed by atoms with Crippen LogP contribution < -0.4 is 14.8 Å². The highest BCUT2D eigenvalue weighted by atomic mass is 35.5. The Morgan fingerprint density at radius 3 is 2.86 bits per heavy atom. The van der Waals surface area contributed by atoms with E-state index in [0.29, 0.717) is 23.9 Å². The monoisotopic (exact) mass is 511 g/mol. The molecule has 0 saturated heterocycles. The molecule has 9 heteroatoms. The predicted molar refractivity (Wildman–Crippen MR) is 134 cm³/mol. The molecule has 0 bridgehead atoms. The number of aryl methyl sites for hydroxylation is 1. The van der Waals surface area contributed by atoms with Crippen LogP contribution in [0.4, 0.5) is 4.39 Å². The second-order valence-corrected chi connectivity index (χ2v) is 9.05. The Kier molecular flexibility index (Phi) is 7.94. The van der Waals surface area contributed by atoms with Gasteiger partial charge in [0.1, 0.15) is 23.4 Å². The quantitative estimate of drug-likeness (QED) is 0.338. The number of nitrogens with one attached hydrogen (secondary N) is 1. The molecule has 1 aliphatic heterocycles. The molecule has 1 aliphatic rings. The van der Waals surface area contributed by atoms with Gasteiger partial charge in [-0.05, 0) is 72.0 Å².